The molecule has 70 valence electrons. The number of rotatable bonds is 3. The molecule has 0 N–H and O–H groups in total. The second kappa shape index (κ2) is 2.88. The Morgan fingerprint density at radius 3 is 2.33 bits per heavy atom. The van der Waals surface area contributed by atoms with Gasteiger partial charge in [-0.25, -0.2) is 0 Å². The van der Waals surface area contributed by atoms with Crippen molar-refractivity contribution < 1.29 is 4.74 Å². The van der Waals surface area contributed by atoms with E-state index in [-0.39, 0.29) is 0 Å². The van der Waals surface area contributed by atoms with Crippen molar-refractivity contribution in [2.45, 2.75) is 32.1 Å². The molecule has 0 saturated heterocycles. The average Bonchev–Trinajstić information content (AvgIpc) is 1.92. The number of methoxy groups -OCH3 is 1. The molecule has 2 aliphatic carbocycles. The molecule has 0 aromatic carbocycles. The molecular formula is C10H17ClO. The van der Waals surface area contributed by atoms with Gasteiger partial charge >= 0.3 is 0 Å². The first-order chi connectivity index (χ1) is 5.74. The number of alkyl halides is 1. The number of ether oxygens (including phenoxy) is 1. The first kappa shape index (κ1) is 8.83. The summed E-state index contributed by atoms with van der Waals surface area (Å²) in [6.07, 6.45) is 6.95. The molecule has 12 heavy (non-hydrogen) atoms. The maximum atomic E-state index is 5.97. The standard InChI is InChI=1S/C10H17ClO/c1-12-8-10(7-11)5-9(6-10)3-2-4-9/h2-8H2,1H3. The second-order valence-electron chi connectivity index (χ2n) is 4.77. The molecule has 2 fully saturated rings. The van der Waals surface area contributed by atoms with E-state index in [4.69, 9.17) is 16.3 Å². The Bertz CT molecular complexity index is 167. The van der Waals surface area contributed by atoms with Crippen LogP contribution in [0.5, 0.6) is 0 Å². The quantitative estimate of drug-likeness (QED) is 0.619. The summed E-state index contributed by atoms with van der Waals surface area (Å²) < 4.78 is 5.22. The van der Waals surface area contributed by atoms with E-state index in [1.807, 2.05) is 0 Å². The fourth-order valence-electron chi connectivity index (χ4n) is 3.11. The van der Waals surface area contributed by atoms with Gasteiger partial charge in [0.05, 0.1) is 6.61 Å². The van der Waals surface area contributed by atoms with Gasteiger partial charge in [-0.1, -0.05) is 6.42 Å². The van der Waals surface area contributed by atoms with Crippen LogP contribution in [0.15, 0.2) is 0 Å². The van der Waals surface area contributed by atoms with Crippen LogP contribution in [0.2, 0.25) is 0 Å². The summed E-state index contributed by atoms with van der Waals surface area (Å²) in [6.45, 7) is 0.859. The molecule has 0 heterocycles. The molecule has 0 aromatic heterocycles. The van der Waals surface area contributed by atoms with Gasteiger partial charge in [-0.15, -0.1) is 11.6 Å². The van der Waals surface area contributed by atoms with E-state index < -0.39 is 0 Å². The maximum Gasteiger partial charge on any atom is 0.0530 e. The van der Waals surface area contributed by atoms with Crippen LogP contribution in [-0.2, 0) is 4.74 Å². The summed E-state index contributed by atoms with van der Waals surface area (Å²) in [5.74, 6) is 0.780. The summed E-state index contributed by atoms with van der Waals surface area (Å²) in [6, 6.07) is 0. The molecular weight excluding hydrogens is 172 g/mol. The van der Waals surface area contributed by atoms with Crippen molar-refractivity contribution in [3.8, 4) is 0 Å². The molecule has 2 saturated carbocycles. The highest BCUT2D eigenvalue weighted by Crippen LogP contribution is 2.64. The van der Waals surface area contributed by atoms with Gasteiger partial charge in [-0.05, 0) is 31.1 Å². The predicted octanol–water partition coefficient (Wildman–Crippen LogP) is 2.82. The van der Waals surface area contributed by atoms with Gasteiger partial charge in [0, 0.05) is 18.4 Å². The average molecular weight is 189 g/mol. The van der Waals surface area contributed by atoms with Gasteiger partial charge in [0.2, 0.25) is 0 Å². The molecule has 1 spiro atoms. The van der Waals surface area contributed by atoms with Gasteiger partial charge in [0.1, 0.15) is 0 Å². The van der Waals surface area contributed by atoms with Crippen LogP contribution in [0.4, 0.5) is 0 Å². The smallest absolute Gasteiger partial charge is 0.0530 e. The molecule has 0 atom stereocenters. The molecule has 0 aromatic rings. The molecule has 0 amide bonds. The Morgan fingerprint density at radius 1 is 1.33 bits per heavy atom. The zero-order valence-corrected chi connectivity index (χ0v) is 8.49. The third kappa shape index (κ3) is 1.18. The van der Waals surface area contributed by atoms with E-state index in [2.05, 4.69) is 0 Å². The molecule has 2 aliphatic rings. The maximum absolute atomic E-state index is 5.97. The lowest BCUT2D eigenvalue weighted by Gasteiger charge is -2.60. The Morgan fingerprint density at radius 2 is 2.00 bits per heavy atom. The first-order valence-corrected chi connectivity index (χ1v) is 5.33. The third-order valence-electron chi connectivity index (χ3n) is 3.65. The van der Waals surface area contributed by atoms with Gasteiger partial charge in [0.15, 0.2) is 0 Å². The number of halogens is 1. The normalized spacial score (nSPS) is 29.5. The van der Waals surface area contributed by atoms with Crippen LogP contribution in [0.25, 0.3) is 0 Å². The Balaban J connectivity index is 1.89. The van der Waals surface area contributed by atoms with Gasteiger partial charge in [0.25, 0.3) is 0 Å². The van der Waals surface area contributed by atoms with Crippen LogP contribution in [-0.4, -0.2) is 19.6 Å². The highest BCUT2D eigenvalue weighted by atomic mass is 35.5. The summed E-state index contributed by atoms with van der Waals surface area (Å²) in [5, 5.41) is 0. The van der Waals surface area contributed by atoms with Crippen LogP contribution < -0.4 is 0 Å². The van der Waals surface area contributed by atoms with Crippen LogP contribution in [0, 0.1) is 10.8 Å². The summed E-state index contributed by atoms with van der Waals surface area (Å²) in [7, 11) is 1.78. The molecule has 0 radical (unpaired) electrons. The van der Waals surface area contributed by atoms with E-state index in [1.165, 1.54) is 32.1 Å². The second-order valence-corrected chi connectivity index (χ2v) is 5.04. The van der Waals surface area contributed by atoms with Crippen LogP contribution in [0.1, 0.15) is 32.1 Å². The van der Waals surface area contributed by atoms with Gasteiger partial charge in [-0.2, -0.15) is 0 Å². The Labute approximate surface area is 79.4 Å². The Hall–Kier alpha value is 0.250. The summed E-state index contributed by atoms with van der Waals surface area (Å²) >= 11 is 5.97. The van der Waals surface area contributed by atoms with Crippen LogP contribution >= 0.6 is 11.6 Å². The highest BCUT2D eigenvalue weighted by molar-refractivity contribution is 6.18. The van der Waals surface area contributed by atoms with Crippen molar-refractivity contribution in [2.75, 3.05) is 19.6 Å². The lowest BCUT2D eigenvalue weighted by atomic mass is 9.46. The lowest BCUT2D eigenvalue weighted by Crippen LogP contribution is -2.53. The highest BCUT2D eigenvalue weighted by Gasteiger charge is 2.56. The number of hydrogen-bond acceptors (Lipinski definition) is 1. The van der Waals surface area contributed by atoms with Crippen molar-refractivity contribution in [1.29, 1.82) is 0 Å². The molecule has 0 bridgehead atoms. The predicted molar refractivity (Wildman–Crippen MR) is 50.5 cm³/mol. The van der Waals surface area contributed by atoms with E-state index in [0.29, 0.717) is 10.8 Å². The monoisotopic (exact) mass is 188 g/mol. The summed E-state index contributed by atoms with van der Waals surface area (Å²) in [4.78, 5) is 0. The fourth-order valence-corrected chi connectivity index (χ4v) is 3.38. The largest absolute Gasteiger partial charge is 0.384 e. The summed E-state index contributed by atoms with van der Waals surface area (Å²) in [5.41, 5.74) is 1.06. The first-order valence-electron chi connectivity index (χ1n) is 4.79. The van der Waals surface area contributed by atoms with Gasteiger partial charge in [-0.3, -0.25) is 0 Å². The van der Waals surface area contributed by atoms with Gasteiger partial charge < -0.3 is 4.74 Å². The minimum Gasteiger partial charge on any atom is -0.384 e. The van der Waals surface area contributed by atoms with Crippen molar-refractivity contribution in [1.82, 2.24) is 0 Å². The third-order valence-corrected chi connectivity index (χ3v) is 4.22. The number of hydrogen-bond donors (Lipinski definition) is 0. The molecule has 0 aliphatic heterocycles. The van der Waals surface area contributed by atoms with E-state index in [0.717, 1.165) is 12.5 Å². The SMILES string of the molecule is COCC1(CCl)CC2(CCC2)C1. The van der Waals surface area contributed by atoms with Crippen molar-refractivity contribution >= 4 is 11.6 Å². The van der Waals surface area contributed by atoms with E-state index in [9.17, 15) is 0 Å². The molecule has 1 nitrogen and oxygen atoms in total. The Kier molecular flexibility index (Phi) is 2.12. The van der Waals surface area contributed by atoms with Crippen molar-refractivity contribution in [2.24, 2.45) is 10.8 Å². The van der Waals surface area contributed by atoms with Crippen molar-refractivity contribution in [3.63, 3.8) is 0 Å². The fraction of sp³-hybridized carbons (Fsp3) is 1.00. The van der Waals surface area contributed by atoms with Crippen LogP contribution in [0.3, 0.4) is 0 Å². The molecule has 2 rings (SSSR count). The van der Waals surface area contributed by atoms with E-state index >= 15 is 0 Å². The lowest BCUT2D eigenvalue weighted by molar-refractivity contribution is -0.114. The minimum atomic E-state index is 0.344. The topological polar surface area (TPSA) is 9.23 Å². The zero-order valence-electron chi connectivity index (χ0n) is 7.74. The molecule has 0 unspecified atom stereocenters. The zero-order chi connectivity index (χ0) is 8.66. The van der Waals surface area contributed by atoms with E-state index in [1.54, 1.807) is 7.11 Å². The minimum absolute atomic E-state index is 0.344. The molecule has 2 heteroatoms. The van der Waals surface area contributed by atoms with Crippen molar-refractivity contribution in [3.05, 3.63) is 0 Å².